The third kappa shape index (κ3) is 15.1. The SMILES string of the molecule is C=CCOCC(CC)(COCC=C)COC[P+](=O)OCCCCCCCC. The molecule has 0 rings (SSSR count). The van der Waals surface area contributed by atoms with E-state index in [-0.39, 0.29) is 11.8 Å². The summed E-state index contributed by atoms with van der Waals surface area (Å²) < 4.78 is 34.4. The number of unbranched alkanes of at least 4 members (excludes halogenated alkanes) is 5. The van der Waals surface area contributed by atoms with E-state index in [1.165, 1.54) is 25.7 Å². The Morgan fingerprint density at radius 1 is 0.852 bits per heavy atom. The van der Waals surface area contributed by atoms with E-state index >= 15 is 0 Å². The van der Waals surface area contributed by atoms with Gasteiger partial charge in [-0.05, 0) is 17.4 Å². The Kier molecular flexibility index (Phi) is 18.4. The Labute approximate surface area is 167 Å². The van der Waals surface area contributed by atoms with Crippen LogP contribution in [0.1, 0.15) is 58.8 Å². The summed E-state index contributed by atoms with van der Waals surface area (Å²) in [6, 6.07) is 0. The molecule has 0 amide bonds. The van der Waals surface area contributed by atoms with Crippen molar-refractivity contribution in [2.45, 2.75) is 58.8 Å². The first-order valence-corrected chi connectivity index (χ1v) is 11.5. The Bertz CT molecular complexity index is 373. The molecule has 0 aromatic rings. The maximum atomic E-state index is 12.0. The lowest BCUT2D eigenvalue weighted by atomic mass is 9.88. The highest BCUT2D eigenvalue weighted by molar-refractivity contribution is 7.38. The highest BCUT2D eigenvalue weighted by atomic mass is 31.1. The van der Waals surface area contributed by atoms with E-state index in [1.807, 2.05) is 0 Å². The highest BCUT2D eigenvalue weighted by Gasteiger charge is 2.31. The van der Waals surface area contributed by atoms with Crippen LogP contribution in [-0.2, 0) is 23.3 Å². The minimum absolute atomic E-state index is 0.107. The molecule has 0 saturated carbocycles. The molecule has 6 heteroatoms. The van der Waals surface area contributed by atoms with Crippen LogP contribution in [0.2, 0.25) is 0 Å². The van der Waals surface area contributed by atoms with Gasteiger partial charge < -0.3 is 14.2 Å². The van der Waals surface area contributed by atoms with Crippen molar-refractivity contribution >= 4 is 8.03 Å². The molecule has 0 aliphatic heterocycles. The van der Waals surface area contributed by atoms with Crippen molar-refractivity contribution in [3.05, 3.63) is 25.3 Å². The molecule has 0 fully saturated rings. The summed E-state index contributed by atoms with van der Waals surface area (Å²) in [6.45, 7) is 14.5. The number of ether oxygens (including phenoxy) is 3. The molecule has 5 nitrogen and oxygen atoms in total. The fourth-order valence-corrected chi connectivity index (χ4v) is 3.22. The average molecular weight is 404 g/mol. The molecule has 0 aliphatic rings. The third-order valence-corrected chi connectivity index (χ3v) is 5.24. The third-order valence-electron chi connectivity index (χ3n) is 4.38. The summed E-state index contributed by atoms with van der Waals surface area (Å²) in [4.78, 5) is 0. The lowest BCUT2D eigenvalue weighted by Gasteiger charge is -2.31. The molecule has 0 aliphatic carbocycles. The maximum absolute atomic E-state index is 12.0. The summed E-state index contributed by atoms with van der Waals surface area (Å²) in [5.74, 6) is 0. The van der Waals surface area contributed by atoms with Gasteiger partial charge >= 0.3 is 8.03 Å². The van der Waals surface area contributed by atoms with Crippen LogP contribution in [-0.4, -0.2) is 46.0 Å². The average Bonchev–Trinajstić information content (AvgIpc) is 2.67. The molecular weight excluding hydrogens is 363 g/mol. The lowest BCUT2D eigenvalue weighted by Crippen LogP contribution is -2.37. The number of rotatable bonds is 21. The number of hydrogen-bond acceptors (Lipinski definition) is 5. The Balaban J connectivity index is 4.11. The second-order valence-electron chi connectivity index (χ2n) is 6.87. The van der Waals surface area contributed by atoms with Crippen LogP contribution < -0.4 is 0 Å². The first-order valence-electron chi connectivity index (χ1n) is 10.2. The molecule has 0 heterocycles. The summed E-state index contributed by atoms with van der Waals surface area (Å²) in [7, 11) is -1.78. The fraction of sp³-hybridized carbons (Fsp3) is 0.810. The van der Waals surface area contributed by atoms with Crippen LogP contribution in [0.15, 0.2) is 25.3 Å². The summed E-state index contributed by atoms with van der Waals surface area (Å²) >= 11 is 0. The van der Waals surface area contributed by atoms with E-state index in [0.717, 1.165) is 19.3 Å². The van der Waals surface area contributed by atoms with Gasteiger partial charge in [-0.15, -0.1) is 17.7 Å². The summed E-state index contributed by atoms with van der Waals surface area (Å²) in [5.41, 5.74) is -0.276. The molecule has 0 saturated heterocycles. The van der Waals surface area contributed by atoms with Gasteiger partial charge in [0.1, 0.15) is 6.61 Å². The molecule has 0 aromatic carbocycles. The fourth-order valence-electron chi connectivity index (χ4n) is 2.57. The monoisotopic (exact) mass is 403 g/mol. The van der Waals surface area contributed by atoms with E-state index in [2.05, 4.69) is 27.0 Å². The predicted octanol–water partition coefficient (Wildman–Crippen LogP) is 5.88. The topological polar surface area (TPSA) is 54.0 Å². The second-order valence-corrected chi connectivity index (χ2v) is 8.05. The summed E-state index contributed by atoms with van der Waals surface area (Å²) in [5, 5.41) is 0. The molecule has 0 radical (unpaired) electrons. The van der Waals surface area contributed by atoms with Crippen molar-refractivity contribution in [2.75, 3.05) is 46.0 Å². The quantitative estimate of drug-likeness (QED) is 0.136. The van der Waals surface area contributed by atoms with Crippen LogP contribution in [0, 0.1) is 5.41 Å². The number of hydrogen-bond donors (Lipinski definition) is 0. The van der Waals surface area contributed by atoms with E-state index in [1.54, 1.807) is 12.2 Å². The minimum Gasteiger partial charge on any atom is -0.377 e. The Morgan fingerprint density at radius 3 is 1.96 bits per heavy atom. The Morgan fingerprint density at radius 2 is 1.41 bits per heavy atom. The molecule has 158 valence electrons. The molecule has 1 unspecified atom stereocenters. The first-order chi connectivity index (χ1) is 13.1. The molecule has 0 spiro atoms. The van der Waals surface area contributed by atoms with E-state index in [4.69, 9.17) is 18.7 Å². The van der Waals surface area contributed by atoms with Gasteiger partial charge in [0.05, 0.1) is 33.0 Å². The van der Waals surface area contributed by atoms with Crippen LogP contribution in [0.25, 0.3) is 0 Å². The van der Waals surface area contributed by atoms with Crippen molar-refractivity contribution in [2.24, 2.45) is 5.41 Å². The van der Waals surface area contributed by atoms with Gasteiger partial charge in [0, 0.05) is 5.41 Å². The molecular formula is C21H40O5P+. The summed E-state index contributed by atoms with van der Waals surface area (Å²) in [6.07, 6.45) is 11.5. The van der Waals surface area contributed by atoms with Crippen LogP contribution in [0.4, 0.5) is 0 Å². The minimum atomic E-state index is -1.78. The van der Waals surface area contributed by atoms with Gasteiger partial charge in [0.25, 0.3) is 6.35 Å². The van der Waals surface area contributed by atoms with Crippen LogP contribution >= 0.6 is 8.03 Å². The van der Waals surface area contributed by atoms with Crippen molar-refractivity contribution in [3.8, 4) is 0 Å². The van der Waals surface area contributed by atoms with Crippen molar-refractivity contribution in [1.29, 1.82) is 0 Å². The molecule has 1 atom stereocenters. The van der Waals surface area contributed by atoms with Crippen molar-refractivity contribution < 1.29 is 23.3 Å². The standard InChI is InChI=1S/C21H40O5P/c1-5-9-10-11-12-13-16-26-27(22)20-25-19-21(8-4,17-23-14-6-2)18-24-15-7-3/h6-7H,2-3,5,8-20H2,1,4H3/q+1. The zero-order valence-electron chi connectivity index (χ0n) is 17.5. The smallest absolute Gasteiger partial charge is 0.377 e. The van der Waals surface area contributed by atoms with Crippen molar-refractivity contribution in [1.82, 2.24) is 0 Å². The predicted molar refractivity (Wildman–Crippen MR) is 113 cm³/mol. The molecule has 0 bridgehead atoms. The zero-order valence-corrected chi connectivity index (χ0v) is 18.4. The lowest BCUT2D eigenvalue weighted by molar-refractivity contribution is -0.0568. The van der Waals surface area contributed by atoms with Gasteiger partial charge in [-0.2, -0.15) is 0 Å². The normalized spacial score (nSPS) is 12.1. The van der Waals surface area contributed by atoms with Crippen LogP contribution in [0.3, 0.4) is 0 Å². The second kappa shape index (κ2) is 18.8. The molecule has 0 N–H and O–H groups in total. The molecule has 27 heavy (non-hydrogen) atoms. The Hall–Kier alpha value is -0.580. The van der Waals surface area contributed by atoms with Gasteiger partial charge in [0.15, 0.2) is 0 Å². The van der Waals surface area contributed by atoms with Crippen LogP contribution in [0.5, 0.6) is 0 Å². The van der Waals surface area contributed by atoms with Gasteiger partial charge in [0.2, 0.25) is 0 Å². The van der Waals surface area contributed by atoms with Gasteiger partial charge in [-0.3, -0.25) is 0 Å². The van der Waals surface area contributed by atoms with Crippen molar-refractivity contribution in [3.63, 3.8) is 0 Å². The van der Waals surface area contributed by atoms with Gasteiger partial charge in [-0.25, -0.2) is 0 Å². The van der Waals surface area contributed by atoms with E-state index < -0.39 is 8.03 Å². The zero-order chi connectivity index (χ0) is 20.2. The highest BCUT2D eigenvalue weighted by Crippen LogP contribution is 2.28. The van der Waals surface area contributed by atoms with E-state index in [0.29, 0.717) is 39.6 Å². The van der Waals surface area contributed by atoms with E-state index in [9.17, 15) is 4.57 Å². The first kappa shape index (κ1) is 26.4. The van der Waals surface area contributed by atoms with Gasteiger partial charge in [-0.1, -0.05) is 58.1 Å². The maximum Gasteiger partial charge on any atom is 0.537 e. The molecule has 0 aromatic heterocycles. The largest absolute Gasteiger partial charge is 0.537 e.